The predicted octanol–water partition coefficient (Wildman–Crippen LogP) is 6.11. The van der Waals surface area contributed by atoms with Crippen LogP contribution in [0.4, 0.5) is 5.13 Å². The number of ether oxygens (including phenoxy) is 1. The number of aliphatic hydroxyl groups is 1. The number of ketones is 1. The summed E-state index contributed by atoms with van der Waals surface area (Å²) in [5, 5.41) is 11.8. The molecule has 0 bridgehead atoms. The second-order valence-electron chi connectivity index (χ2n) is 8.92. The van der Waals surface area contributed by atoms with Crippen molar-refractivity contribution in [1.29, 1.82) is 0 Å². The minimum absolute atomic E-state index is 0.0321. The predicted molar refractivity (Wildman–Crippen MR) is 143 cm³/mol. The number of anilines is 1. The number of aromatic nitrogens is 1. The molecule has 0 radical (unpaired) electrons. The Labute approximate surface area is 213 Å². The first-order valence-electron chi connectivity index (χ1n) is 11.7. The van der Waals surface area contributed by atoms with Crippen LogP contribution in [0.5, 0.6) is 5.75 Å². The Morgan fingerprint density at radius 3 is 2.53 bits per heavy atom. The van der Waals surface area contributed by atoms with E-state index in [-0.39, 0.29) is 11.3 Å². The molecule has 5 rings (SSSR count). The number of amides is 1. The van der Waals surface area contributed by atoms with E-state index < -0.39 is 17.7 Å². The molecule has 1 aliphatic rings. The standard InChI is InChI=1S/C29H26N2O4S/c1-5-18-9-11-19(12-10-18)25-23(26(32)20-7-6-8-21(15-20)35-4)27(33)28(34)31(25)29-30-24-17(3)13-16(2)14-22(24)36-29/h6-15,25,32H,5H2,1-4H3. The summed E-state index contributed by atoms with van der Waals surface area (Å²) in [5.74, 6) is -1.16. The Morgan fingerprint density at radius 1 is 1.08 bits per heavy atom. The number of hydrogen-bond acceptors (Lipinski definition) is 6. The molecule has 182 valence electrons. The van der Waals surface area contributed by atoms with Crippen LogP contribution >= 0.6 is 11.3 Å². The molecule has 1 N–H and O–H groups in total. The second kappa shape index (κ2) is 9.24. The first-order valence-corrected chi connectivity index (χ1v) is 12.6. The number of Topliss-reactive ketones (excluding diaryl/α,β-unsaturated/α-hetero) is 1. The largest absolute Gasteiger partial charge is 0.507 e. The van der Waals surface area contributed by atoms with E-state index in [4.69, 9.17) is 9.72 Å². The number of carbonyl (C=O) groups excluding carboxylic acids is 2. The zero-order valence-corrected chi connectivity index (χ0v) is 21.3. The van der Waals surface area contributed by atoms with Crippen molar-refractivity contribution in [2.45, 2.75) is 33.2 Å². The Kier molecular flexibility index (Phi) is 6.10. The van der Waals surface area contributed by atoms with Crippen LogP contribution in [0.1, 0.15) is 40.8 Å². The van der Waals surface area contributed by atoms with Gasteiger partial charge in [0.2, 0.25) is 0 Å². The van der Waals surface area contributed by atoms with Gasteiger partial charge in [0.15, 0.2) is 5.13 Å². The number of nitrogens with zero attached hydrogens (tertiary/aromatic N) is 2. The molecule has 1 fully saturated rings. The van der Waals surface area contributed by atoms with E-state index in [1.807, 2.05) is 50.2 Å². The molecule has 4 aromatic rings. The van der Waals surface area contributed by atoms with Gasteiger partial charge in [-0.25, -0.2) is 4.98 Å². The fourth-order valence-corrected chi connectivity index (χ4v) is 5.84. The van der Waals surface area contributed by atoms with E-state index in [0.29, 0.717) is 16.4 Å². The van der Waals surface area contributed by atoms with Gasteiger partial charge in [0.05, 0.1) is 28.9 Å². The maximum absolute atomic E-state index is 13.5. The number of hydrogen-bond donors (Lipinski definition) is 1. The molecule has 0 saturated carbocycles. The zero-order chi connectivity index (χ0) is 25.6. The van der Waals surface area contributed by atoms with Gasteiger partial charge in [0, 0.05) is 5.56 Å². The van der Waals surface area contributed by atoms with Gasteiger partial charge in [0.1, 0.15) is 11.5 Å². The van der Waals surface area contributed by atoms with Crippen molar-refractivity contribution in [2.24, 2.45) is 0 Å². The third-order valence-corrected chi connectivity index (χ3v) is 7.52. The quantitative estimate of drug-likeness (QED) is 0.204. The first-order chi connectivity index (χ1) is 17.3. The van der Waals surface area contributed by atoms with E-state index in [1.54, 1.807) is 24.3 Å². The van der Waals surface area contributed by atoms with Crippen LogP contribution in [-0.4, -0.2) is 28.9 Å². The van der Waals surface area contributed by atoms with Crippen molar-refractivity contribution in [2.75, 3.05) is 12.0 Å². The van der Waals surface area contributed by atoms with Gasteiger partial charge in [-0.2, -0.15) is 0 Å². The van der Waals surface area contributed by atoms with Crippen LogP contribution in [0, 0.1) is 13.8 Å². The average molecular weight is 499 g/mol. The third-order valence-electron chi connectivity index (χ3n) is 6.52. The summed E-state index contributed by atoms with van der Waals surface area (Å²) in [7, 11) is 1.53. The molecular formula is C29H26N2O4S. The fourth-order valence-electron chi connectivity index (χ4n) is 4.67. The monoisotopic (exact) mass is 498 g/mol. The van der Waals surface area contributed by atoms with Crippen molar-refractivity contribution in [1.82, 2.24) is 4.98 Å². The maximum atomic E-state index is 13.5. The van der Waals surface area contributed by atoms with Crippen molar-refractivity contribution < 1.29 is 19.4 Å². The molecule has 1 aromatic heterocycles. The lowest BCUT2D eigenvalue weighted by Crippen LogP contribution is -2.29. The molecule has 2 heterocycles. The second-order valence-corrected chi connectivity index (χ2v) is 9.93. The highest BCUT2D eigenvalue weighted by atomic mass is 32.1. The number of aliphatic hydroxyl groups excluding tert-OH is 1. The minimum atomic E-state index is -0.816. The molecule has 6 nitrogen and oxygen atoms in total. The van der Waals surface area contributed by atoms with Crippen molar-refractivity contribution in [3.8, 4) is 5.75 Å². The summed E-state index contributed by atoms with van der Waals surface area (Å²) in [6.45, 7) is 6.06. The molecule has 1 aliphatic heterocycles. The van der Waals surface area contributed by atoms with Crippen LogP contribution in [0.25, 0.3) is 16.0 Å². The summed E-state index contributed by atoms with van der Waals surface area (Å²) in [6.07, 6.45) is 0.862. The molecule has 1 amide bonds. The van der Waals surface area contributed by atoms with Gasteiger partial charge >= 0.3 is 5.91 Å². The molecule has 36 heavy (non-hydrogen) atoms. The van der Waals surface area contributed by atoms with E-state index in [9.17, 15) is 14.7 Å². The summed E-state index contributed by atoms with van der Waals surface area (Å²) in [4.78, 5) is 33.1. The van der Waals surface area contributed by atoms with Crippen LogP contribution in [0.2, 0.25) is 0 Å². The zero-order valence-electron chi connectivity index (χ0n) is 20.5. The van der Waals surface area contributed by atoms with Gasteiger partial charge in [-0.05, 0) is 60.7 Å². The Balaban J connectivity index is 1.73. The fraction of sp³-hybridized carbons (Fsp3) is 0.207. The van der Waals surface area contributed by atoms with Crippen molar-refractivity contribution in [3.63, 3.8) is 0 Å². The molecule has 0 aliphatic carbocycles. The van der Waals surface area contributed by atoms with Crippen LogP contribution in [0.3, 0.4) is 0 Å². The molecule has 0 spiro atoms. The number of methoxy groups -OCH3 is 1. The number of carbonyl (C=O) groups is 2. The van der Waals surface area contributed by atoms with Crippen LogP contribution in [-0.2, 0) is 16.0 Å². The van der Waals surface area contributed by atoms with Gasteiger partial charge in [0.25, 0.3) is 5.78 Å². The van der Waals surface area contributed by atoms with Crippen LogP contribution in [0.15, 0.2) is 66.2 Å². The highest BCUT2D eigenvalue weighted by Gasteiger charge is 2.48. The summed E-state index contributed by atoms with van der Waals surface area (Å²) < 4.78 is 6.24. The van der Waals surface area contributed by atoms with Crippen molar-refractivity contribution in [3.05, 3.63) is 94.1 Å². The summed E-state index contributed by atoms with van der Waals surface area (Å²) in [6, 6.07) is 17.8. The highest BCUT2D eigenvalue weighted by Crippen LogP contribution is 2.45. The summed E-state index contributed by atoms with van der Waals surface area (Å²) >= 11 is 1.37. The van der Waals surface area contributed by atoms with Crippen LogP contribution < -0.4 is 9.64 Å². The molecule has 1 saturated heterocycles. The average Bonchev–Trinajstić information content (AvgIpc) is 3.42. The number of fused-ring (bicyclic) bond motifs is 1. The number of thiazole rings is 1. The van der Waals surface area contributed by atoms with E-state index in [1.165, 1.54) is 23.3 Å². The third kappa shape index (κ3) is 3.95. The van der Waals surface area contributed by atoms with Gasteiger partial charge in [-0.3, -0.25) is 14.5 Å². The lowest BCUT2D eigenvalue weighted by Gasteiger charge is -2.23. The van der Waals surface area contributed by atoms with Crippen molar-refractivity contribution >= 4 is 44.1 Å². The first kappa shape index (κ1) is 23.8. The Hall–Kier alpha value is -3.97. The van der Waals surface area contributed by atoms with Gasteiger partial charge in [-0.15, -0.1) is 0 Å². The smallest absolute Gasteiger partial charge is 0.301 e. The molecule has 1 atom stereocenters. The number of rotatable bonds is 5. The van der Waals surface area contributed by atoms with E-state index >= 15 is 0 Å². The lowest BCUT2D eigenvalue weighted by atomic mass is 9.94. The Morgan fingerprint density at radius 2 is 1.83 bits per heavy atom. The number of benzene rings is 3. The topological polar surface area (TPSA) is 79.7 Å². The summed E-state index contributed by atoms with van der Waals surface area (Å²) in [5.41, 5.74) is 5.20. The molecule has 7 heteroatoms. The molecule has 3 aromatic carbocycles. The highest BCUT2D eigenvalue weighted by molar-refractivity contribution is 7.22. The maximum Gasteiger partial charge on any atom is 0.301 e. The normalized spacial score (nSPS) is 17.2. The lowest BCUT2D eigenvalue weighted by molar-refractivity contribution is -0.132. The van der Waals surface area contributed by atoms with Gasteiger partial charge < -0.3 is 9.84 Å². The molecule has 1 unspecified atom stereocenters. The van der Waals surface area contributed by atoms with E-state index in [2.05, 4.69) is 6.92 Å². The molecular weight excluding hydrogens is 472 g/mol. The SMILES string of the molecule is CCc1ccc(C2C(=C(O)c3cccc(OC)c3)C(=O)C(=O)N2c2nc3c(C)cc(C)cc3s2)cc1. The number of aryl methyl sites for hydroxylation is 3. The van der Waals surface area contributed by atoms with Gasteiger partial charge in [-0.1, -0.05) is 60.7 Å². The minimum Gasteiger partial charge on any atom is -0.507 e. The van der Waals surface area contributed by atoms with E-state index in [0.717, 1.165) is 38.9 Å². The Bertz CT molecular complexity index is 1530.